The van der Waals surface area contributed by atoms with Gasteiger partial charge in [-0.15, -0.1) is 0 Å². The van der Waals surface area contributed by atoms with Gasteiger partial charge in [0.25, 0.3) is 5.91 Å². The highest BCUT2D eigenvalue weighted by molar-refractivity contribution is 6.03. The molecule has 2 fully saturated rings. The number of aliphatic hydroxyl groups is 1. The summed E-state index contributed by atoms with van der Waals surface area (Å²) in [6.45, 7) is 31.8. The van der Waals surface area contributed by atoms with Gasteiger partial charge in [-0.1, -0.05) is 166 Å². The number of hydrogen-bond acceptors (Lipinski definition) is 17. The number of benzene rings is 1. The number of allylic oxidation sites excluding steroid dienone is 1. The Morgan fingerprint density at radius 2 is 1.15 bits per heavy atom. The zero-order valence-corrected chi connectivity index (χ0v) is 65.2. The molecule has 0 bridgehead atoms. The molecule has 15 N–H and O–H groups in total. The van der Waals surface area contributed by atoms with Crippen molar-refractivity contribution in [1.29, 1.82) is 0 Å². The Bertz CT molecular complexity index is 3160. The zero-order chi connectivity index (χ0) is 79.4. The van der Waals surface area contributed by atoms with E-state index in [0.717, 1.165) is 6.42 Å². The number of rotatable bonds is 33. The lowest BCUT2D eigenvalue weighted by Gasteiger charge is -2.33. The van der Waals surface area contributed by atoms with Gasteiger partial charge in [-0.3, -0.25) is 62.3 Å². The van der Waals surface area contributed by atoms with Crippen LogP contribution in [0.25, 0.3) is 0 Å². The number of carbonyl (C=O) groups excluding carboxylic acids is 14. The third-order valence-corrected chi connectivity index (χ3v) is 19.3. The van der Waals surface area contributed by atoms with Crippen molar-refractivity contribution in [3.05, 3.63) is 47.7 Å². The quantitative estimate of drug-likeness (QED) is 0.0353. The summed E-state index contributed by atoms with van der Waals surface area (Å²) >= 11 is 0. The number of nitrogens with one attached hydrogen (secondary N) is 12. The predicted octanol–water partition coefficient (Wildman–Crippen LogP) is 1.84. The molecule has 13 amide bonds. The highest BCUT2D eigenvalue weighted by Crippen LogP contribution is 2.23. The van der Waals surface area contributed by atoms with E-state index < -0.39 is 203 Å². The molecule has 30 heteroatoms. The van der Waals surface area contributed by atoms with Crippen molar-refractivity contribution >= 4 is 82.8 Å². The number of likely N-dealkylation sites (tertiary alicyclic amines) is 1. The molecule has 0 saturated carbocycles. The standard InChI is InChI=1S/C75H124N14O16/c1-20-44(16)59(71(100)88-62-47(19)105-75(104)58(43(14)15)84-63(92)49(22-3)77-65(94)51(37-48-30-24-23-25-31-48)79-67(96)55(40(8)9)81-70(99)60(45(17)21-2)86-73(62)102)85-64(93)50(32-27-35-76)78-66(95)52-33-28-36-89(52)74(103)57(42(12)13)83-69(98)56(41(10)11)82-72(101)61(46(18)90)87-68(97)54(39(6)7)80-53(91)34-26-29-38(4)5/h22-25,30-31,38-47,50-52,54-62,90H,20-21,26-29,32-37,76H2,1-19H3,(H,77,94)(H,78,95)(H,79,96)(H,80,91)(H,81,99)(H,82,101)(H,83,98)(H,84,92)(H,85,93)(H,86,102)(H,87,97)(H,88,100)/b49-22-/t44-,45+,46-,47?,50+,51+,52-,54-,55-,56+,57-,58+,59+,60?,61+,62?/m1/s1. The van der Waals surface area contributed by atoms with Gasteiger partial charge in [0.2, 0.25) is 70.9 Å². The maximum Gasteiger partial charge on any atom is 0.329 e. The summed E-state index contributed by atoms with van der Waals surface area (Å²) in [7, 11) is 0. The minimum atomic E-state index is -1.83. The van der Waals surface area contributed by atoms with Crippen LogP contribution in [0.5, 0.6) is 0 Å². The van der Waals surface area contributed by atoms with Gasteiger partial charge in [0.1, 0.15) is 84.3 Å². The lowest BCUT2D eigenvalue weighted by molar-refractivity contribution is -0.157. The Labute approximate surface area is 620 Å². The maximum atomic E-state index is 15.0. The summed E-state index contributed by atoms with van der Waals surface area (Å²) < 4.78 is 5.96. The molecule has 3 unspecified atom stereocenters. The number of nitrogens with two attached hydrogens (primary N) is 1. The van der Waals surface area contributed by atoms with Crippen molar-refractivity contribution in [1.82, 2.24) is 68.7 Å². The van der Waals surface area contributed by atoms with Crippen LogP contribution < -0.4 is 69.5 Å². The van der Waals surface area contributed by atoms with E-state index in [4.69, 9.17) is 10.5 Å². The third-order valence-electron chi connectivity index (χ3n) is 19.3. The van der Waals surface area contributed by atoms with E-state index in [-0.39, 0.29) is 63.2 Å². The van der Waals surface area contributed by atoms with Crippen LogP contribution in [0, 0.1) is 47.3 Å². The molecule has 105 heavy (non-hydrogen) atoms. The van der Waals surface area contributed by atoms with Gasteiger partial charge in [-0.2, -0.15) is 0 Å². The Morgan fingerprint density at radius 3 is 1.69 bits per heavy atom. The first-order valence-electron chi connectivity index (χ1n) is 37.5. The largest absolute Gasteiger partial charge is 0.458 e. The predicted molar refractivity (Wildman–Crippen MR) is 395 cm³/mol. The molecular formula is C75H124N14O16. The third kappa shape index (κ3) is 27.7. The van der Waals surface area contributed by atoms with Gasteiger partial charge < -0.3 is 84.3 Å². The summed E-state index contributed by atoms with van der Waals surface area (Å²) in [4.78, 5) is 202. The average molecular weight is 1480 g/mol. The molecule has 2 aliphatic rings. The van der Waals surface area contributed by atoms with Crippen molar-refractivity contribution in [3.63, 3.8) is 0 Å². The number of nitrogens with zero attached hydrogens (tertiary/aromatic N) is 1. The SMILES string of the molecule is C/C=C1\NC(=O)[C@H](Cc2ccccc2)NC(=O)[C@@H](C(C)C)NC(=O)C([C@@H](C)CC)NC(=O)C(NC(=O)[C@@H](NC(=O)[C@H](CCCN)NC(=O)[C@H]2CCCN2C(=O)[C@H](NC(=O)[C@@H](NC(=O)[C@@H](NC(=O)[C@H](NC(=O)CCCC(C)C)C(C)C)[C@@H](C)O)C(C)C)C(C)C)[C@H](C)CC)C(C)OC(=O)[C@H](C(C)C)NC1=O. The monoisotopic (exact) mass is 1480 g/mol. The van der Waals surface area contributed by atoms with Crippen molar-refractivity contribution < 1.29 is 77.0 Å². The van der Waals surface area contributed by atoms with Crippen molar-refractivity contribution in [3.8, 4) is 0 Å². The van der Waals surface area contributed by atoms with E-state index in [1.165, 1.54) is 31.7 Å². The molecule has 0 aromatic heterocycles. The highest BCUT2D eigenvalue weighted by atomic mass is 16.5. The number of carbonyl (C=O) groups is 14. The van der Waals surface area contributed by atoms with Crippen LogP contribution in [0.1, 0.15) is 195 Å². The van der Waals surface area contributed by atoms with Crippen LogP contribution in [0.2, 0.25) is 0 Å². The van der Waals surface area contributed by atoms with E-state index in [9.17, 15) is 62.6 Å². The minimum Gasteiger partial charge on any atom is -0.458 e. The fourth-order valence-electron chi connectivity index (χ4n) is 12.1. The van der Waals surface area contributed by atoms with Crippen LogP contribution >= 0.6 is 0 Å². The van der Waals surface area contributed by atoms with Crippen LogP contribution in [0.3, 0.4) is 0 Å². The minimum absolute atomic E-state index is 0.0355. The lowest BCUT2D eigenvalue weighted by atomic mass is 9.95. The van der Waals surface area contributed by atoms with Gasteiger partial charge in [0.15, 0.2) is 0 Å². The van der Waals surface area contributed by atoms with Crippen molar-refractivity contribution in [2.24, 2.45) is 53.1 Å². The molecule has 3 rings (SSSR count). The maximum absolute atomic E-state index is 15.0. The van der Waals surface area contributed by atoms with E-state index in [2.05, 4.69) is 63.8 Å². The molecule has 30 nitrogen and oxygen atoms in total. The van der Waals surface area contributed by atoms with Crippen LogP contribution in [-0.2, 0) is 78.3 Å². The van der Waals surface area contributed by atoms with Crippen LogP contribution in [-0.4, -0.2) is 191 Å². The van der Waals surface area contributed by atoms with Crippen LogP contribution in [0.15, 0.2) is 42.1 Å². The number of cyclic esters (lactones) is 1. The van der Waals surface area contributed by atoms with E-state index in [1.807, 2.05) is 13.8 Å². The molecule has 1 aromatic carbocycles. The van der Waals surface area contributed by atoms with Gasteiger partial charge in [0, 0.05) is 19.4 Å². The normalized spacial score (nSPS) is 22.6. The van der Waals surface area contributed by atoms with Gasteiger partial charge in [-0.25, -0.2) is 4.79 Å². The summed E-state index contributed by atoms with van der Waals surface area (Å²) in [5.41, 5.74) is 6.34. The second-order valence-electron chi connectivity index (χ2n) is 30.2. The fraction of sp³-hybridized carbons (Fsp3) is 0.707. The fourth-order valence-corrected chi connectivity index (χ4v) is 12.1. The number of aliphatic hydroxyl groups excluding tert-OH is 1. The number of hydrogen-bond donors (Lipinski definition) is 14. The summed E-state index contributed by atoms with van der Waals surface area (Å²) in [5, 5.41) is 43.2. The molecule has 2 aliphatic heterocycles. The smallest absolute Gasteiger partial charge is 0.329 e. The van der Waals surface area contributed by atoms with Gasteiger partial charge in [0.05, 0.1) is 6.10 Å². The molecule has 1 aromatic rings. The van der Waals surface area contributed by atoms with Crippen molar-refractivity contribution in [2.45, 2.75) is 280 Å². The highest BCUT2D eigenvalue weighted by Gasteiger charge is 2.44. The Hall–Kier alpha value is -8.54. The number of amides is 13. The molecule has 2 heterocycles. The second-order valence-corrected chi connectivity index (χ2v) is 30.2. The summed E-state index contributed by atoms with van der Waals surface area (Å²) in [6, 6.07) is -7.67. The van der Waals surface area contributed by atoms with Gasteiger partial charge >= 0.3 is 5.97 Å². The Balaban J connectivity index is 2.00. The first-order chi connectivity index (χ1) is 49.2. The van der Waals surface area contributed by atoms with E-state index >= 15 is 9.59 Å². The molecule has 0 spiro atoms. The summed E-state index contributed by atoms with van der Waals surface area (Å²) in [5.74, 6) is -15.1. The lowest BCUT2D eigenvalue weighted by Crippen LogP contribution is -2.64. The number of esters is 1. The molecule has 0 radical (unpaired) electrons. The summed E-state index contributed by atoms with van der Waals surface area (Å²) in [6.07, 6.45) is 1.02. The topological polar surface area (TPSA) is 442 Å². The number of ether oxygens (including phenoxy) is 1. The average Bonchev–Trinajstić information content (AvgIpc) is 1.79. The molecule has 0 aliphatic carbocycles. The molecule has 2 saturated heterocycles. The van der Waals surface area contributed by atoms with Crippen molar-refractivity contribution in [2.75, 3.05) is 13.1 Å². The second kappa shape index (κ2) is 43.8. The van der Waals surface area contributed by atoms with E-state index in [1.54, 1.807) is 127 Å². The first kappa shape index (κ1) is 90.7. The molecule has 16 atom stereocenters. The Morgan fingerprint density at radius 1 is 0.610 bits per heavy atom. The Kier molecular flexibility index (Phi) is 37.8. The molecular weight excluding hydrogens is 1350 g/mol. The zero-order valence-electron chi connectivity index (χ0n) is 65.2. The van der Waals surface area contributed by atoms with Crippen LogP contribution in [0.4, 0.5) is 0 Å². The molecule has 590 valence electrons. The van der Waals surface area contributed by atoms with E-state index in [0.29, 0.717) is 30.7 Å². The van der Waals surface area contributed by atoms with Gasteiger partial charge in [-0.05, 0) is 112 Å². The first-order valence-corrected chi connectivity index (χ1v) is 37.5.